The quantitative estimate of drug-likeness (QED) is 0.654. The number of benzene rings is 3. The number of amides is 1. The standard InChI is InChI=1S/C26H20N2O2/c1-18-12-13-20(16-27)19(15-18)7-6-14-28-26(29)30-17-25-23-10-4-2-8-21(23)22-9-3-5-11-24(22)25/h2-5,8-13,15,25H,14,17H2,1H3,(H,28,29). The Balaban J connectivity index is 1.37. The Morgan fingerprint density at radius 2 is 1.67 bits per heavy atom. The fourth-order valence-electron chi connectivity index (χ4n) is 3.76. The molecule has 0 bridgehead atoms. The first kappa shape index (κ1) is 19.3. The molecule has 0 aliphatic heterocycles. The Kier molecular flexibility index (Phi) is 5.50. The maximum absolute atomic E-state index is 12.2. The topological polar surface area (TPSA) is 62.1 Å². The minimum atomic E-state index is -0.504. The molecule has 0 unspecified atom stereocenters. The van der Waals surface area contributed by atoms with Crippen LogP contribution in [0.15, 0.2) is 66.7 Å². The van der Waals surface area contributed by atoms with E-state index < -0.39 is 6.09 Å². The average Bonchev–Trinajstić information content (AvgIpc) is 3.09. The van der Waals surface area contributed by atoms with Crippen LogP contribution in [0.25, 0.3) is 11.1 Å². The Hall–Kier alpha value is -4.02. The van der Waals surface area contributed by atoms with Crippen LogP contribution in [0.3, 0.4) is 0 Å². The molecular formula is C26H20N2O2. The molecule has 0 saturated heterocycles. The second-order valence-corrected chi connectivity index (χ2v) is 7.14. The number of aryl methyl sites for hydroxylation is 1. The van der Waals surface area contributed by atoms with Crippen LogP contribution in [0, 0.1) is 30.1 Å². The summed E-state index contributed by atoms with van der Waals surface area (Å²) >= 11 is 0. The highest BCUT2D eigenvalue weighted by Crippen LogP contribution is 2.44. The largest absolute Gasteiger partial charge is 0.449 e. The highest BCUT2D eigenvalue weighted by Gasteiger charge is 2.28. The third-order valence-corrected chi connectivity index (χ3v) is 5.18. The van der Waals surface area contributed by atoms with Crippen LogP contribution in [0.4, 0.5) is 4.79 Å². The Bertz CT molecular complexity index is 1170. The molecule has 4 nitrogen and oxygen atoms in total. The van der Waals surface area contributed by atoms with E-state index in [0.717, 1.165) is 5.56 Å². The minimum Gasteiger partial charge on any atom is -0.449 e. The van der Waals surface area contributed by atoms with Crippen LogP contribution in [0.5, 0.6) is 0 Å². The van der Waals surface area contributed by atoms with E-state index >= 15 is 0 Å². The summed E-state index contributed by atoms with van der Waals surface area (Å²) in [5.74, 6) is 5.85. The molecule has 4 rings (SSSR count). The lowest BCUT2D eigenvalue weighted by molar-refractivity contribution is 0.144. The van der Waals surface area contributed by atoms with E-state index in [1.54, 1.807) is 6.07 Å². The normalized spacial score (nSPS) is 11.5. The molecule has 0 atom stereocenters. The number of nitriles is 1. The first-order valence-corrected chi connectivity index (χ1v) is 9.76. The first-order valence-electron chi connectivity index (χ1n) is 9.76. The highest BCUT2D eigenvalue weighted by atomic mass is 16.5. The lowest BCUT2D eigenvalue weighted by Crippen LogP contribution is -2.26. The van der Waals surface area contributed by atoms with Gasteiger partial charge in [0.15, 0.2) is 0 Å². The van der Waals surface area contributed by atoms with Gasteiger partial charge in [-0.1, -0.05) is 66.4 Å². The van der Waals surface area contributed by atoms with Crippen molar-refractivity contribution < 1.29 is 9.53 Å². The van der Waals surface area contributed by atoms with Crippen molar-refractivity contribution in [1.29, 1.82) is 5.26 Å². The van der Waals surface area contributed by atoms with Gasteiger partial charge in [-0.25, -0.2) is 4.79 Å². The first-order chi connectivity index (χ1) is 14.7. The molecule has 30 heavy (non-hydrogen) atoms. The van der Waals surface area contributed by atoms with Gasteiger partial charge in [-0.05, 0) is 46.9 Å². The number of carbonyl (C=O) groups is 1. The number of nitrogens with zero attached hydrogens (tertiary/aromatic N) is 1. The third kappa shape index (κ3) is 3.90. The van der Waals surface area contributed by atoms with Gasteiger partial charge in [-0.15, -0.1) is 0 Å². The summed E-state index contributed by atoms with van der Waals surface area (Å²) < 4.78 is 5.49. The van der Waals surface area contributed by atoms with Gasteiger partial charge in [-0.2, -0.15) is 5.26 Å². The smallest absolute Gasteiger partial charge is 0.407 e. The molecule has 0 heterocycles. The van der Waals surface area contributed by atoms with Gasteiger partial charge in [0.05, 0.1) is 12.1 Å². The fraction of sp³-hybridized carbons (Fsp3) is 0.154. The van der Waals surface area contributed by atoms with Crippen molar-refractivity contribution in [1.82, 2.24) is 5.32 Å². The molecule has 1 amide bonds. The van der Waals surface area contributed by atoms with Crippen LogP contribution in [-0.4, -0.2) is 19.2 Å². The molecule has 0 spiro atoms. The average molecular weight is 392 g/mol. The number of rotatable bonds is 3. The molecule has 0 radical (unpaired) electrons. The zero-order valence-electron chi connectivity index (χ0n) is 16.6. The van der Waals surface area contributed by atoms with Crippen molar-refractivity contribution in [3.05, 3.63) is 94.5 Å². The molecule has 3 aromatic carbocycles. The van der Waals surface area contributed by atoms with E-state index in [1.807, 2.05) is 43.3 Å². The van der Waals surface area contributed by atoms with E-state index in [0.29, 0.717) is 11.1 Å². The van der Waals surface area contributed by atoms with E-state index in [9.17, 15) is 4.79 Å². The van der Waals surface area contributed by atoms with Gasteiger partial charge in [0, 0.05) is 11.5 Å². The number of ether oxygens (including phenoxy) is 1. The molecule has 146 valence electrons. The highest BCUT2D eigenvalue weighted by molar-refractivity contribution is 5.79. The van der Waals surface area contributed by atoms with Crippen molar-refractivity contribution in [3.8, 4) is 29.0 Å². The van der Waals surface area contributed by atoms with Crippen LogP contribution < -0.4 is 5.32 Å². The van der Waals surface area contributed by atoms with Crippen molar-refractivity contribution >= 4 is 6.09 Å². The number of hydrogen-bond acceptors (Lipinski definition) is 3. The van der Waals surface area contributed by atoms with Crippen LogP contribution in [-0.2, 0) is 4.74 Å². The Morgan fingerprint density at radius 3 is 2.33 bits per heavy atom. The second-order valence-electron chi connectivity index (χ2n) is 7.14. The predicted molar refractivity (Wildman–Crippen MR) is 116 cm³/mol. The predicted octanol–water partition coefficient (Wildman–Crippen LogP) is 4.76. The van der Waals surface area contributed by atoms with Gasteiger partial charge >= 0.3 is 6.09 Å². The summed E-state index contributed by atoms with van der Waals surface area (Å²) in [6.45, 7) is 2.36. The molecule has 1 aliphatic carbocycles. The van der Waals surface area contributed by atoms with Gasteiger partial charge in [0.25, 0.3) is 0 Å². The Morgan fingerprint density at radius 1 is 1.00 bits per heavy atom. The molecule has 1 N–H and O–H groups in total. The number of alkyl carbamates (subject to hydrolysis) is 1. The van der Waals surface area contributed by atoms with Crippen molar-refractivity contribution in [2.24, 2.45) is 0 Å². The summed E-state index contributed by atoms with van der Waals surface area (Å²) in [4.78, 5) is 12.2. The molecule has 0 fully saturated rings. The van der Waals surface area contributed by atoms with E-state index in [-0.39, 0.29) is 19.1 Å². The molecule has 0 saturated carbocycles. The molecule has 3 aromatic rings. The fourth-order valence-corrected chi connectivity index (χ4v) is 3.76. The monoisotopic (exact) mass is 392 g/mol. The summed E-state index contributed by atoms with van der Waals surface area (Å²) in [5, 5.41) is 11.8. The zero-order valence-corrected chi connectivity index (χ0v) is 16.6. The van der Waals surface area contributed by atoms with Crippen LogP contribution in [0.2, 0.25) is 0 Å². The zero-order chi connectivity index (χ0) is 20.9. The summed E-state index contributed by atoms with van der Waals surface area (Å²) in [6, 6.07) is 24.0. The van der Waals surface area contributed by atoms with Crippen molar-refractivity contribution in [3.63, 3.8) is 0 Å². The van der Waals surface area contributed by atoms with Crippen LogP contribution >= 0.6 is 0 Å². The van der Waals surface area contributed by atoms with E-state index in [2.05, 4.69) is 47.5 Å². The molecule has 1 aliphatic rings. The number of hydrogen-bond donors (Lipinski definition) is 1. The van der Waals surface area contributed by atoms with Crippen molar-refractivity contribution in [2.45, 2.75) is 12.8 Å². The third-order valence-electron chi connectivity index (χ3n) is 5.18. The van der Waals surface area contributed by atoms with Gasteiger partial charge in [0.1, 0.15) is 12.7 Å². The molecule has 0 aromatic heterocycles. The minimum absolute atomic E-state index is 0.0275. The van der Waals surface area contributed by atoms with E-state index in [4.69, 9.17) is 10.00 Å². The lowest BCUT2D eigenvalue weighted by atomic mass is 9.98. The second kappa shape index (κ2) is 8.55. The van der Waals surface area contributed by atoms with Gasteiger partial charge in [0.2, 0.25) is 0 Å². The van der Waals surface area contributed by atoms with E-state index in [1.165, 1.54) is 22.3 Å². The SMILES string of the molecule is Cc1ccc(C#N)c(C#CCNC(=O)OCC2c3ccccc3-c3ccccc32)c1. The van der Waals surface area contributed by atoms with Gasteiger partial charge in [-0.3, -0.25) is 0 Å². The molecule has 4 heteroatoms. The Labute approximate surface area is 176 Å². The number of nitrogens with one attached hydrogen (secondary N) is 1. The number of fused-ring (bicyclic) bond motifs is 3. The van der Waals surface area contributed by atoms with Crippen molar-refractivity contribution in [2.75, 3.05) is 13.2 Å². The summed E-state index contributed by atoms with van der Waals surface area (Å²) in [6.07, 6.45) is -0.504. The molecular weight excluding hydrogens is 372 g/mol. The maximum atomic E-state index is 12.2. The summed E-state index contributed by atoms with van der Waals surface area (Å²) in [5.41, 5.74) is 6.95. The number of carbonyl (C=O) groups excluding carboxylic acids is 1. The lowest BCUT2D eigenvalue weighted by Gasteiger charge is -2.14. The van der Waals surface area contributed by atoms with Gasteiger partial charge < -0.3 is 10.1 Å². The summed E-state index contributed by atoms with van der Waals surface area (Å²) in [7, 11) is 0. The maximum Gasteiger partial charge on any atom is 0.407 e. The van der Waals surface area contributed by atoms with Crippen LogP contribution in [0.1, 0.15) is 33.7 Å².